The van der Waals surface area contributed by atoms with Gasteiger partial charge in [0.1, 0.15) is 22.8 Å². The number of carbonyl (C=O) groups excluding carboxylic acids is 3. The Balaban J connectivity index is 1.17. The summed E-state index contributed by atoms with van der Waals surface area (Å²) in [6.45, 7) is 12.9. The Morgan fingerprint density at radius 3 is 1.00 bits per heavy atom. The van der Waals surface area contributed by atoms with E-state index in [1.807, 2.05) is 36.4 Å². The first-order valence-electron chi connectivity index (χ1n) is 17.5. The summed E-state index contributed by atoms with van der Waals surface area (Å²) in [5.74, 6) is 1.58. The van der Waals surface area contributed by atoms with Gasteiger partial charge in [-0.3, -0.25) is 14.4 Å². The van der Waals surface area contributed by atoms with Gasteiger partial charge in [-0.15, -0.1) is 0 Å². The van der Waals surface area contributed by atoms with Crippen molar-refractivity contribution in [3.63, 3.8) is 0 Å². The fourth-order valence-corrected chi connectivity index (χ4v) is 5.79. The quantitative estimate of drug-likeness (QED) is 0.104. The minimum atomic E-state index is -0.230. The Morgan fingerprint density at radius 2 is 0.700 bits per heavy atom. The lowest BCUT2D eigenvalue weighted by Crippen LogP contribution is -2.30. The molecular formula is C45H46O5. The van der Waals surface area contributed by atoms with E-state index in [1.54, 1.807) is 84.9 Å². The first-order valence-corrected chi connectivity index (χ1v) is 17.5. The van der Waals surface area contributed by atoms with Crippen LogP contribution in [-0.4, -0.2) is 23.0 Å². The molecule has 0 amide bonds. The van der Waals surface area contributed by atoms with Crippen LogP contribution in [0.25, 0.3) is 0 Å². The number of ketones is 3. The zero-order valence-corrected chi connectivity index (χ0v) is 29.9. The first kappa shape index (κ1) is 36.0. The van der Waals surface area contributed by atoms with Crippen LogP contribution in [0.4, 0.5) is 0 Å². The molecule has 5 aromatic rings. The zero-order chi connectivity index (χ0) is 35.9. The van der Waals surface area contributed by atoms with E-state index in [2.05, 4.69) is 41.5 Å². The van der Waals surface area contributed by atoms with Crippen LogP contribution in [0.2, 0.25) is 0 Å². The summed E-state index contributed by atoms with van der Waals surface area (Å²) < 4.78 is 12.1. The van der Waals surface area contributed by atoms with Crippen LogP contribution in [0.5, 0.6) is 17.2 Å². The summed E-state index contributed by atoms with van der Waals surface area (Å²) in [6, 6.07) is 35.8. The standard InChI is InChI=1S/C45H46O5/c1-7-44(5,8-2)37-23-15-33(16-24-37)41(46)31-11-13-32(14-12-31)42(47)34-17-25-38(26-18-34)49-39-27-19-35(20-28-39)43(48)36-21-29-40(30-22-36)50-45(6,9-3)10-4/h11-30H,7-10H2,1-6H3. The smallest absolute Gasteiger partial charge is 0.193 e. The summed E-state index contributed by atoms with van der Waals surface area (Å²) in [4.78, 5) is 39.5. The Kier molecular flexibility index (Phi) is 11.2. The van der Waals surface area contributed by atoms with Crippen LogP contribution < -0.4 is 9.47 Å². The average molecular weight is 667 g/mol. The van der Waals surface area contributed by atoms with E-state index < -0.39 is 0 Å². The Morgan fingerprint density at radius 1 is 0.420 bits per heavy atom. The zero-order valence-electron chi connectivity index (χ0n) is 29.9. The topological polar surface area (TPSA) is 69.7 Å². The molecule has 256 valence electrons. The maximum atomic E-state index is 13.2. The van der Waals surface area contributed by atoms with Gasteiger partial charge in [-0.1, -0.05) is 83.1 Å². The molecule has 0 saturated carbocycles. The molecule has 0 spiro atoms. The highest BCUT2D eigenvalue weighted by atomic mass is 16.5. The highest BCUT2D eigenvalue weighted by molar-refractivity contribution is 6.12. The van der Waals surface area contributed by atoms with Crippen molar-refractivity contribution < 1.29 is 23.9 Å². The van der Waals surface area contributed by atoms with Crippen LogP contribution in [0.3, 0.4) is 0 Å². The highest BCUT2D eigenvalue weighted by Gasteiger charge is 2.23. The lowest BCUT2D eigenvalue weighted by molar-refractivity contribution is 0.0802. The molecule has 5 rings (SSSR count). The molecule has 0 heterocycles. The second-order valence-corrected chi connectivity index (χ2v) is 13.3. The maximum absolute atomic E-state index is 13.2. The third kappa shape index (κ3) is 8.11. The number of ether oxygens (including phenoxy) is 2. The molecule has 0 unspecified atom stereocenters. The van der Waals surface area contributed by atoms with E-state index in [0.29, 0.717) is 44.9 Å². The first-order chi connectivity index (χ1) is 24.0. The number of carbonyl (C=O) groups is 3. The minimum Gasteiger partial charge on any atom is -0.488 e. The molecule has 0 aliphatic rings. The number of hydrogen-bond acceptors (Lipinski definition) is 5. The molecule has 0 saturated heterocycles. The lowest BCUT2D eigenvalue weighted by atomic mass is 9.77. The van der Waals surface area contributed by atoms with Crippen molar-refractivity contribution in [1.82, 2.24) is 0 Å². The monoisotopic (exact) mass is 666 g/mol. The third-order valence-corrected chi connectivity index (χ3v) is 10.3. The minimum absolute atomic E-state index is 0.0738. The third-order valence-electron chi connectivity index (χ3n) is 10.3. The van der Waals surface area contributed by atoms with Gasteiger partial charge in [0, 0.05) is 33.4 Å². The normalized spacial score (nSPS) is 11.6. The van der Waals surface area contributed by atoms with Crippen LogP contribution in [0.1, 0.15) is 121 Å². The predicted molar refractivity (Wildman–Crippen MR) is 200 cm³/mol. The molecule has 5 nitrogen and oxygen atoms in total. The Bertz CT molecular complexity index is 1910. The van der Waals surface area contributed by atoms with Gasteiger partial charge in [0.2, 0.25) is 0 Å². The van der Waals surface area contributed by atoms with Gasteiger partial charge < -0.3 is 9.47 Å². The van der Waals surface area contributed by atoms with Crippen molar-refractivity contribution in [2.24, 2.45) is 0 Å². The fraction of sp³-hybridized carbons (Fsp3) is 0.267. The molecular weight excluding hydrogens is 620 g/mol. The van der Waals surface area contributed by atoms with Crippen molar-refractivity contribution in [2.45, 2.75) is 78.2 Å². The Labute approximate surface area is 296 Å². The summed E-state index contributed by atoms with van der Waals surface area (Å²) in [5, 5.41) is 0. The van der Waals surface area contributed by atoms with Crippen LogP contribution in [-0.2, 0) is 5.41 Å². The molecule has 0 aliphatic carbocycles. The van der Waals surface area contributed by atoms with Crippen molar-refractivity contribution in [3.05, 3.63) is 160 Å². The van der Waals surface area contributed by atoms with Gasteiger partial charge >= 0.3 is 0 Å². The highest BCUT2D eigenvalue weighted by Crippen LogP contribution is 2.31. The van der Waals surface area contributed by atoms with E-state index in [4.69, 9.17) is 9.47 Å². The van der Waals surface area contributed by atoms with Crippen molar-refractivity contribution in [2.75, 3.05) is 0 Å². The van der Waals surface area contributed by atoms with Gasteiger partial charge in [0.05, 0.1) is 0 Å². The second-order valence-electron chi connectivity index (χ2n) is 13.3. The van der Waals surface area contributed by atoms with Crippen LogP contribution >= 0.6 is 0 Å². The van der Waals surface area contributed by atoms with Gasteiger partial charge in [-0.05, 0) is 116 Å². The molecule has 0 aromatic heterocycles. The average Bonchev–Trinajstić information content (AvgIpc) is 3.17. The van der Waals surface area contributed by atoms with E-state index in [9.17, 15) is 14.4 Å². The molecule has 50 heavy (non-hydrogen) atoms. The maximum Gasteiger partial charge on any atom is 0.193 e. The number of benzene rings is 5. The SMILES string of the molecule is CCC(C)(CC)Oc1ccc(C(=O)c2ccc(Oc3ccc(C(=O)c4ccc(C(=O)c5ccc(C(C)(CC)CC)cc5)cc4)cc3)cc2)cc1. The van der Waals surface area contributed by atoms with Crippen LogP contribution in [0.15, 0.2) is 121 Å². The van der Waals surface area contributed by atoms with Gasteiger partial charge in [-0.25, -0.2) is 0 Å². The van der Waals surface area contributed by atoms with E-state index in [1.165, 1.54) is 5.56 Å². The fourth-order valence-electron chi connectivity index (χ4n) is 5.79. The van der Waals surface area contributed by atoms with E-state index >= 15 is 0 Å². The molecule has 5 heteroatoms. The van der Waals surface area contributed by atoms with Gasteiger partial charge in [0.15, 0.2) is 17.3 Å². The molecule has 0 atom stereocenters. The molecule has 0 radical (unpaired) electrons. The lowest BCUT2D eigenvalue weighted by Gasteiger charge is -2.28. The molecule has 0 bridgehead atoms. The molecule has 0 fully saturated rings. The molecule has 0 aliphatic heterocycles. The predicted octanol–water partition coefficient (Wildman–Crippen LogP) is 11.2. The molecule has 0 N–H and O–H groups in total. The summed E-state index contributed by atoms with van der Waals surface area (Å²) >= 11 is 0. The Hall–Kier alpha value is -5.29. The second kappa shape index (κ2) is 15.5. The number of hydrogen-bond donors (Lipinski definition) is 0. The summed E-state index contributed by atoms with van der Waals surface area (Å²) in [7, 11) is 0. The van der Waals surface area contributed by atoms with Crippen molar-refractivity contribution in [1.29, 1.82) is 0 Å². The van der Waals surface area contributed by atoms with E-state index in [-0.39, 0.29) is 28.4 Å². The van der Waals surface area contributed by atoms with Crippen molar-refractivity contribution in [3.8, 4) is 17.2 Å². The summed E-state index contributed by atoms with van der Waals surface area (Å²) in [6.07, 6.45) is 3.86. The number of rotatable bonds is 15. The van der Waals surface area contributed by atoms with Gasteiger partial charge in [-0.2, -0.15) is 0 Å². The summed E-state index contributed by atoms with van der Waals surface area (Å²) in [5.41, 5.74) is 4.40. The van der Waals surface area contributed by atoms with E-state index in [0.717, 1.165) is 31.4 Å². The van der Waals surface area contributed by atoms with Crippen LogP contribution in [0, 0.1) is 0 Å². The van der Waals surface area contributed by atoms with Crippen molar-refractivity contribution >= 4 is 17.3 Å². The largest absolute Gasteiger partial charge is 0.488 e. The molecule has 5 aromatic carbocycles. The van der Waals surface area contributed by atoms with Gasteiger partial charge in [0.25, 0.3) is 0 Å².